The number of carboxylic acids is 1. The van der Waals surface area contributed by atoms with Gasteiger partial charge in [0.2, 0.25) is 5.91 Å². The average molecular weight is 248 g/mol. The maximum absolute atomic E-state index is 12.0. The summed E-state index contributed by atoms with van der Waals surface area (Å²) in [6, 6.07) is 5.32. The highest BCUT2D eigenvalue weighted by Crippen LogP contribution is 2.58. The second-order valence-electron chi connectivity index (χ2n) is 5.27. The molecule has 0 spiro atoms. The number of carbonyl (C=O) groups is 2. The van der Waals surface area contributed by atoms with Gasteiger partial charge in [-0.25, -0.2) is 4.98 Å². The van der Waals surface area contributed by atoms with E-state index in [1.807, 2.05) is 13.0 Å². The molecule has 5 heteroatoms. The number of hydrogen-bond acceptors (Lipinski definition) is 3. The van der Waals surface area contributed by atoms with Crippen LogP contribution in [-0.2, 0) is 9.59 Å². The van der Waals surface area contributed by atoms with Crippen LogP contribution in [0.2, 0.25) is 0 Å². The fourth-order valence-corrected chi connectivity index (χ4v) is 2.40. The molecule has 1 heterocycles. The molecule has 1 aliphatic rings. The van der Waals surface area contributed by atoms with Crippen molar-refractivity contribution in [2.75, 3.05) is 5.32 Å². The number of nitrogens with zero attached hydrogens (tertiary/aromatic N) is 1. The van der Waals surface area contributed by atoms with Crippen LogP contribution in [0.1, 0.15) is 19.5 Å². The molecule has 1 aromatic heterocycles. The summed E-state index contributed by atoms with van der Waals surface area (Å²) in [5.41, 5.74) is 0.317. The van der Waals surface area contributed by atoms with Crippen LogP contribution in [-0.4, -0.2) is 22.0 Å². The highest BCUT2D eigenvalue weighted by molar-refractivity contribution is 5.99. The summed E-state index contributed by atoms with van der Waals surface area (Å²) >= 11 is 0. The van der Waals surface area contributed by atoms with Crippen LogP contribution in [0.5, 0.6) is 0 Å². The lowest BCUT2D eigenvalue weighted by molar-refractivity contribution is -0.140. The predicted octanol–water partition coefficient (Wildman–Crippen LogP) is 1.69. The predicted molar refractivity (Wildman–Crippen MR) is 66.0 cm³/mol. The number of carbonyl (C=O) groups excluding carboxylic acids is 1. The summed E-state index contributed by atoms with van der Waals surface area (Å²) < 4.78 is 0. The molecule has 2 N–H and O–H groups in total. The van der Waals surface area contributed by atoms with Gasteiger partial charge in [-0.2, -0.15) is 0 Å². The number of carboxylic acid groups (broad SMARTS) is 1. The Morgan fingerprint density at radius 2 is 2.00 bits per heavy atom. The van der Waals surface area contributed by atoms with Gasteiger partial charge in [0.15, 0.2) is 0 Å². The molecule has 1 amide bonds. The molecule has 0 aromatic carbocycles. The molecule has 96 valence electrons. The molecule has 1 aromatic rings. The van der Waals surface area contributed by atoms with Gasteiger partial charge < -0.3 is 10.4 Å². The van der Waals surface area contributed by atoms with Crippen LogP contribution >= 0.6 is 0 Å². The van der Waals surface area contributed by atoms with Crippen molar-refractivity contribution in [2.24, 2.45) is 17.3 Å². The molecule has 2 atom stereocenters. The number of aliphatic carboxylic acids is 1. The molecular formula is C13H16N2O3. The highest BCUT2D eigenvalue weighted by atomic mass is 16.4. The summed E-state index contributed by atoms with van der Waals surface area (Å²) in [6.07, 6.45) is 0. The highest BCUT2D eigenvalue weighted by Gasteiger charge is 2.65. The van der Waals surface area contributed by atoms with Crippen molar-refractivity contribution in [3.8, 4) is 0 Å². The van der Waals surface area contributed by atoms with E-state index in [1.54, 1.807) is 26.0 Å². The third kappa shape index (κ3) is 2.08. The van der Waals surface area contributed by atoms with Crippen molar-refractivity contribution < 1.29 is 14.7 Å². The van der Waals surface area contributed by atoms with Crippen molar-refractivity contribution in [3.05, 3.63) is 23.9 Å². The van der Waals surface area contributed by atoms with Crippen LogP contribution in [0.3, 0.4) is 0 Å². The topological polar surface area (TPSA) is 79.3 Å². The van der Waals surface area contributed by atoms with Crippen LogP contribution < -0.4 is 5.32 Å². The maximum atomic E-state index is 12.0. The Kier molecular flexibility index (Phi) is 2.84. The molecule has 1 saturated carbocycles. The zero-order chi connectivity index (χ0) is 13.5. The molecule has 5 nitrogen and oxygen atoms in total. The quantitative estimate of drug-likeness (QED) is 0.853. The minimum atomic E-state index is -0.919. The zero-order valence-corrected chi connectivity index (χ0v) is 10.6. The summed E-state index contributed by atoms with van der Waals surface area (Å²) in [6.45, 7) is 5.41. The Hall–Kier alpha value is -1.91. The first-order valence-electron chi connectivity index (χ1n) is 5.81. The minimum absolute atomic E-state index is 0.273. The molecule has 0 bridgehead atoms. The molecule has 1 aliphatic carbocycles. The number of amides is 1. The Morgan fingerprint density at radius 3 is 2.50 bits per heavy atom. The van der Waals surface area contributed by atoms with E-state index >= 15 is 0 Å². The third-order valence-corrected chi connectivity index (χ3v) is 3.52. The Labute approximate surface area is 105 Å². The first-order chi connectivity index (χ1) is 8.34. The van der Waals surface area contributed by atoms with E-state index in [4.69, 9.17) is 5.11 Å². The molecule has 0 radical (unpaired) electrons. The lowest BCUT2D eigenvalue weighted by atomic mass is 10.1. The standard InChI is InChI=1S/C13H16N2O3/c1-7-5-4-6-8(14-7)15-11(16)9-10(12(17)18)13(9,2)3/h4-6,9-10H,1-3H3,(H,17,18)(H,14,15,16)/t9-,10-/m1/s1. The normalized spacial score (nSPS) is 24.4. The Morgan fingerprint density at radius 1 is 1.33 bits per heavy atom. The molecule has 0 aliphatic heterocycles. The van der Waals surface area contributed by atoms with Gasteiger partial charge in [-0.15, -0.1) is 0 Å². The van der Waals surface area contributed by atoms with Crippen molar-refractivity contribution in [1.82, 2.24) is 4.98 Å². The van der Waals surface area contributed by atoms with Crippen LogP contribution in [0, 0.1) is 24.2 Å². The Bertz CT molecular complexity index is 511. The monoisotopic (exact) mass is 248 g/mol. The summed E-state index contributed by atoms with van der Waals surface area (Å²) in [4.78, 5) is 27.2. The number of rotatable bonds is 3. The van der Waals surface area contributed by atoms with Crippen molar-refractivity contribution in [1.29, 1.82) is 0 Å². The molecule has 2 rings (SSSR count). The lowest BCUT2D eigenvalue weighted by Gasteiger charge is -2.05. The van der Waals surface area contributed by atoms with Gasteiger partial charge >= 0.3 is 5.97 Å². The second-order valence-corrected chi connectivity index (χ2v) is 5.27. The van der Waals surface area contributed by atoms with Gasteiger partial charge in [0.25, 0.3) is 0 Å². The molecular weight excluding hydrogens is 232 g/mol. The van der Waals surface area contributed by atoms with Crippen molar-refractivity contribution in [2.45, 2.75) is 20.8 Å². The number of anilines is 1. The maximum Gasteiger partial charge on any atom is 0.307 e. The van der Waals surface area contributed by atoms with E-state index in [0.29, 0.717) is 5.82 Å². The van der Waals surface area contributed by atoms with E-state index in [0.717, 1.165) is 5.69 Å². The minimum Gasteiger partial charge on any atom is -0.481 e. The van der Waals surface area contributed by atoms with Gasteiger partial charge in [0.05, 0.1) is 11.8 Å². The number of pyridine rings is 1. The van der Waals surface area contributed by atoms with Crippen molar-refractivity contribution in [3.63, 3.8) is 0 Å². The van der Waals surface area contributed by atoms with Gasteiger partial charge in [-0.05, 0) is 24.5 Å². The van der Waals surface area contributed by atoms with Gasteiger partial charge in [-0.1, -0.05) is 19.9 Å². The molecule has 0 saturated heterocycles. The zero-order valence-electron chi connectivity index (χ0n) is 10.6. The van der Waals surface area contributed by atoms with Crippen molar-refractivity contribution >= 4 is 17.7 Å². The number of aromatic nitrogens is 1. The van der Waals surface area contributed by atoms with Gasteiger partial charge in [0, 0.05) is 5.69 Å². The fourth-order valence-electron chi connectivity index (χ4n) is 2.40. The largest absolute Gasteiger partial charge is 0.481 e. The van der Waals surface area contributed by atoms with Gasteiger partial charge in [-0.3, -0.25) is 9.59 Å². The molecule has 1 fully saturated rings. The molecule has 18 heavy (non-hydrogen) atoms. The number of hydrogen-bond donors (Lipinski definition) is 2. The van der Waals surface area contributed by atoms with E-state index < -0.39 is 23.2 Å². The summed E-state index contributed by atoms with van der Waals surface area (Å²) in [7, 11) is 0. The number of nitrogens with one attached hydrogen (secondary N) is 1. The van der Waals surface area contributed by atoms with Crippen LogP contribution in [0.25, 0.3) is 0 Å². The van der Waals surface area contributed by atoms with Gasteiger partial charge in [0.1, 0.15) is 5.82 Å². The van der Waals surface area contributed by atoms with E-state index in [2.05, 4.69) is 10.3 Å². The Balaban J connectivity index is 2.08. The first kappa shape index (κ1) is 12.5. The second kappa shape index (κ2) is 4.08. The molecule has 0 unspecified atom stereocenters. The SMILES string of the molecule is Cc1cccc(NC(=O)[C@H]2[C@H](C(=O)O)C2(C)C)n1. The van der Waals surface area contributed by atoms with Crippen LogP contribution in [0.4, 0.5) is 5.82 Å². The van der Waals surface area contributed by atoms with E-state index in [-0.39, 0.29) is 5.91 Å². The lowest BCUT2D eigenvalue weighted by Crippen LogP contribution is -2.18. The third-order valence-electron chi connectivity index (χ3n) is 3.52. The summed E-state index contributed by atoms with van der Waals surface area (Å²) in [5, 5.41) is 11.7. The van der Waals surface area contributed by atoms with Crippen LogP contribution in [0.15, 0.2) is 18.2 Å². The number of aryl methyl sites for hydroxylation is 1. The summed E-state index contributed by atoms with van der Waals surface area (Å²) in [5.74, 6) is -1.82. The fraction of sp³-hybridized carbons (Fsp3) is 0.462. The smallest absolute Gasteiger partial charge is 0.307 e. The van der Waals surface area contributed by atoms with E-state index in [1.165, 1.54) is 0 Å². The first-order valence-corrected chi connectivity index (χ1v) is 5.81. The average Bonchev–Trinajstić information content (AvgIpc) is 2.81. The van der Waals surface area contributed by atoms with E-state index in [9.17, 15) is 9.59 Å².